The maximum atomic E-state index is 12.6. The molecule has 0 N–H and O–H groups in total. The van der Waals surface area contributed by atoms with Gasteiger partial charge in [-0.05, 0) is 6.07 Å². The predicted molar refractivity (Wildman–Crippen MR) is 65.9 cm³/mol. The molecule has 0 aliphatic rings. The van der Waals surface area contributed by atoms with Crippen molar-refractivity contribution >= 4 is 17.3 Å². The molecule has 0 aliphatic heterocycles. The van der Waals surface area contributed by atoms with Crippen molar-refractivity contribution in [2.45, 2.75) is 13.2 Å². The van der Waals surface area contributed by atoms with Crippen LogP contribution in [0.2, 0.25) is 5.02 Å². The van der Waals surface area contributed by atoms with E-state index in [1.54, 1.807) is 0 Å². The zero-order valence-corrected chi connectivity index (χ0v) is 10.6. The molecule has 0 unspecified atom stereocenters. The lowest BCUT2D eigenvalue weighted by molar-refractivity contribution is -0.384. The standard InChI is InChI=1S/C11H8ClF2N3O3/c12-8-5-7(17(18)19)1-2-9(8)20-6-10-15-3-4-16(10)11(13)14/h1-5,11H,6H2. The molecule has 1 heterocycles. The largest absolute Gasteiger partial charge is 0.484 e. The van der Waals surface area contributed by atoms with Gasteiger partial charge < -0.3 is 4.74 Å². The first-order valence-electron chi connectivity index (χ1n) is 5.35. The van der Waals surface area contributed by atoms with E-state index in [1.165, 1.54) is 18.3 Å². The fraction of sp³-hybridized carbons (Fsp3) is 0.182. The van der Waals surface area contributed by atoms with Crippen molar-refractivity contribution in [3.8, 4) is 5.75 Å². The van der Waals surface area contributed by atoms with Gasteiger partial charge in [0, 0.05) is 24.5 Å². The molecule has 2 rings (SSSR count). The van der Waals surface area contributed by atoms with Crippen molar-refractivity contribution in [2.75, 3.05) is 0 Å². The van der Waals surface area contributed by atoms with Gasteiger partial charge in [0.1, 0.15) is 12.4 Å². The average molecular weight is 304 g/mol. The van der Waals surface area contributed by atoms with Crippen LogP contribution in [-0.2, 0) is 6.61 Å². The summed E-state index contributed by atoms with van der Waals surface area (Å²) in [6.45, 7) is -2.95. The van der Waals surface area contributed by atoms with E-state index in [2.05, 4.69) is 4.98 Å². The second-order valence-electron chi connectivity index (χ2n) is 3.69. The molecule has 0 spiro atoms. The average Bonchev–Trinajstić information content (AvgIpc) is 2.85. The first-order valence-corrected chi connectivity index (χ1v) is 5.73. The number of alkyl halides is 2. The van der Waals surface area contributed by atoms with Gasteiger partial charge in [-0.1, -0.05) is 11.6 Å². The Morgan fingerprint density at radius 2 is 2.25 bits per heavy atom. The summed E-state index contributed by atoms with van der Waals surface area (Å²) < 4.78 is 31.0. The number of non-ortho nitro benzene ring substituents is 1. The number of rotatable bonds is 5. The van der Waals surface area contributed by atoms with Gasteiger partial charge in [0.15, 0.2) is 5.82 Å². The molecule has 9 heteroatoms. The minimum absolute atomic E-state index is 0.0225. The molecule has 0 saturated heterocycles. The van der Waals surface area contributed by atoms with E-state index in [4.69, 9.17) is 16.3 Å². The summed E-state index contributed by atoms with van der Waals surface area (Å²) >= 11 is 5.81. The number of aromatic nitrogens is 2. The molecule has 0 amide bonds. The van der Waals surface area contributed by atoms with E-state index in [0.29, 0.717) is 4.57 Å². The van der Waals surface area contributed by atoms with E-state index < -0.39 is 11.5 Å². The van der Waals surface area contributed by atoms with Crippen molar-refractivity contribution in [3.05, 3.63) is 51.6 Å². The summed E-state index contributed by atoms with van der Waals surface area (Å²) in [6.07, 6.45) is 2.35. The fourth-order valence-electron chi connectivity index (χ4n) is 1.50. The molecule has 20 heavy (non-hydrogen) atoms. The van der Waals surface area contributed by atoms with Crippen LogP contribution in [0.15, 0.2) is 30.6 Å². The molecule has 0 bridgehead atoms. The quantitative estimate of drug-likeness (QED) is 0.627. The highest BCUT2D eigenvalue weighted by atomic mass is 35.5. The van der Waals surface area contributed by atoms with Gasteiger partial charge in [0.05, 0.1) is 9.95 Å². The topological polar surface area (TPSA) is 70.2 Å². The van der Waals surface area contributed by atoms with Crippen LogP contribution in [0.25, 0.3) is 0 Å². The highest BCUT2D eigenvalue weighted by Gasteiger charge is 2.14. The Morgan fingerprint density at radius 1 is 1.50 bits per heavy atom. The molecule has 0 saturated carbocycles. The van der Waals surface area contributed by atoms with Crippen molar-refractivity contribution in [2.24, 2.45) is 0 Å². The monoisotopic (exact) mass is 303 g/mol. The van der Waals surface area contributed by atoms with E-state index in [-0.39, 0.29) is 28.9 Å². The highest BCUT2D eigenvalue weighted by molar-refractivity contribution is 6.32. The maximum Gasteiger partial charge on any atom is 0.320 e. The molecule has 1 aromatic carbocycles. The number of nitro groups is 1. The number of halogens is 3. The van der Waals surface area contributed by atoms with Gasteiger partial charge in [-0.15, -0.1) is 0 Å². The lowest BCUT2D eigenvalue weighted by atomic mass is 10.3. The third-order valence-corrected chi connectivity index (χ3v) is 2.74. The van der Waals surface area contributed by atoms with Crippen LogP contribution in [0.3, 0.4) is 0 Å². The second kappa shape index (κ2) is 5.83. The number of nitrogens with zero attached hydrogens (tertiary/aromatic N) is 3. The van der Waals surface area contributed by atoms with Crippen molar-refractivity contribution < 1.29 is 18.4 Å². The summed E-state index contributed by atoms with van der Waals surface area (Å²) in [5.41, 5.74) is -0.184. The third kappa shape index (κ3) is 3.02. The number of nitro benzene ring substituents is 1. The SMILES string of the molecule is O=[N+]([O-])c1ccc(OCc2nccn2C(F)F)c(Cl)c1. The van der Waals surface area contributed by atoms with Crippen LogP contribution in [0.5, 0.6) is 5.75 Å². The molecule has 0 radical (unpaired) electrons. The van der Waals surface area contributed by atoms with Gasteiger partial charge in [0.2, 0.25) is 0 Å². The number of hydrogen-bond donors (Lipinski definition) is 0. The normalized spacial score (nSPS) is 10.8. The smallest absolute Gasteiger partial charge is 0.320 e. The molecule has 2 aromatic rings. The van der Waals surface area contributed by atoms with Crippen LogP contribution < -0.4 is 4.74 Å². The molecule has 1 aromatic heterocycles. The van der Waals surface area contributed by atoms with Crippen LogP contribution in [0.4, 0.5) is 14.5 Å². The van der Waals surface area contributed by atoms with Gasteiger partial charge >= 0.3 is 6.55 Å². The Hall–Kier alpha value is -2.22. The molecule has 0 fully saturated rings. The molecular weight excluding hydrogens is 296 g/mol. The fourth-order valence-corrected chi connectivity index (χ4v) is 1.73. The van der Waals surface area contributed by atoms with Gasteiger partial charge in [0.25, 0.3) is 5.69 Å². The number of imidazole rings is 1. The summed E-state index contributed by atoms with van der Waals surface area (Å²) in [5, 5.41) is 10.6. The second-order valence-corrected chi connectivity index (χ2v) is 4.10. The lowest BCUT2D eigenvalue weighted by Crippen LogP contribution is -2.07. The van der Waals surface area contributed by atoms with Crippen molar-refractivity contribution in [1.82, 2.24) is 9.55 Å². The molecule has 0 atom stereocenters. The molecule has 6 nitrogen and oxygen atoms in total. The Kier molecular flexibility index (Phi) is 4.14. The first kappa shape index (κ1) is 14.2. The van der Waals surface area contributed by atoms with Gasteiger partial charge in [-0.25, -0.2) is 4.98 Å². The summed E-state index contributed by atoms with van der Waals surface area (Å²) in [4.78, 5) is 13.7. The van der Waals surface area contributed by atoms with Crippen molar-refractivity contribution in [3.63, 3.8) is 0 Å². The van der Waals surface area contributed by atoms with Crippen molar-refractivity contribution in [1.29, 1.82) is 0 Å². The summed E-state index contributed by atoms with van der Waals surface area (Å²) in [7, 11) is 0. The van der Waals surface area contributed by atoms with E-state index >= 15 is 0 Å². The minimum Gasteiger partial charge on any atom is -0.484 e. The van der Waals surface area contributed by atoms with Crippen LogP contribution >= 0.6 is 11.6 Å². The number of hydrogen-bond acceptors (Lipinski definition) is 4. The maximum absolute atomic E-state index is 12.6. The highest BCUT2D eigenvalue weighted by Crippen LogP contribution is 2.29. The van der Waals surface area contributed by atoms with Gasteiger partial charge in [-0.3, -0.25) is 14.7 Å². The number of ether oxygens (including phenoxy) is 1. The molecule has 106 valence electrons. The minimum atomic E-state index is -2.72. The Morgan fingerprint density at radius 3 is 2.85 bits per heavy atom. The first-order chi connectivity index (χ1) is 9.49. The Bertz CT molecular complexity index is 633. The Labute approximate surface area is 116 Å². The Balaban J connectivity index is 2.11. The van der Waals surface area contributed by atoms with E-state index in [9.17, 15) is 18.9 Å². The number of benzene rings is 1. The van der Waals surface area contributed by atoms with E-state index in [0.717, 1.165) is 12.3 Å². The third-order valence-electron chi connectivity index (χ3n) is 2.44. The van der Waals surface area contributed by atoms with Crippen LogP contribution in [0.1, 0.15) is 12.4 Å². The van der Waals surface area contributed by atoms with Gasteiger partial charge in [-0.2, -0.15) is 8.78 Å². The summed E-state index contributed by atoms with van der Waals surface area (Å²) in [5.74, 6) is 0.176. The summed E-state index contributed by atoms with van der Waals surface area (Å²) in [6, 6.07) is 3.63. The lowest BCUT2D eigenvalue weighted by Gasteiger charge is -2.09. The van der Waals surface area contributed by atoms with Crippen LogP contribution in [0, 0.1) is 10.1 Å². The predicted octanol–water partition coefficient (Wildman–Crippen LogP) is 3.42. The van der Waals surface area contributed by atoms with Crippen LogP contribution in [-0.4, -0.2) is 14.5 Å². The molecular formula is C11H8ClF2N3O3. The zero-order chi connectivity index (χ0) is 14.7. The zero-order valence-electron chi connectivity index (χ0n) is 9.87. The molecule has 0 aliphatic carbocycles. The van der Waals surface area contributed by atoms with E-state index in [1.807, 2.05) is 0 Å².